The third-order valence-corrected chi connectivity index (χ3v) is 6.21. The van der Waals surface area contributed by atoms with Crippen LogP contribution in [0, 0.1) is 11.3 Å². The first-order valence-corrected chi connectivity index (χ1v) is 8.12. The summed E-state index contributed by atoms with van der Waals surface area (Å²) in [5.74, 6) is 0.292. The summed E-state index contributed by atoms with van der Waals surface area (Å²) >= 11 is 1.82. The molecule has 1 aromatic rings. The summed E-state index contributed by atoms with van der Waals surface area (Å²) in [6.07, 6.45) is 3.12. The van der Waals surface area contributed by atoms with Gasteiger partial charge in [-0.15, -0.1) is 0 Å². The van der Waals surface area contributed by atoms with Crippen LogP contribution in [-0.4, -0.2) is 24.9 Å². The number of ether oxygens (including phenoxy) is 1. The second-order valence-electron chi connectivity index (χ2n) is 6.06. The van der Waals surface area contributed by atoms with E-state index in [0.717, 1.165) is 12.8 Å². The molecule has 3 heteroatoms. The summed E-state index contributed by atoms with van der Waals surface area (Å²) in [7, 11) is 1.74. The standard InChI is InChI=1S/C17H22O2S/c1-17-10-6-9-13(15(17)18)14(11-19-2)16(17)20-12-7-4-3-5-8-12/h3-5,7-8,13,15,18H,6,9-11H2,1-2H3. The second kappa shape index (κ2) is 5.55. The van der Waals surface area contributed by atoms with E-state index in [4.69, 9.17) is 4.74 Å². The lowest BCUT2D eigenvalue weighted by Gasteiger charge is -2.37. The topological polar surface area (TPSA) is 29.5 Å². The quantitative estimate of drug-likeness (QED) is 0.913. The molecule has 1 fully saturated rings. The molecule has 0 aromatic heterocycles. The predicted molar refractivity (Wildman–Crippen MR) is 82.7 cm³/mol. The van der Waals surface area contributed by atoms with Crippen molar-refractivity contribution in [1.29, 1.82) is 0 Å². The van der Waals surface area contributed by atoms with E-state index in [2.05, 4.69) is 31.2 Å². The van der Waals surface area contributed by atoms with Gasteiger partial charge in [-0.1, -0.05) is 43.3 Å². The molecule has 0 heterocycles. The fourth-order valence-electron chi connectivity index (χ4n) is 3.70. The molecule has 3 rings (SSSR count). The molecule has 0 radical (unpaired) electrons. The fourth-order valence-corrected chi connectivity index (χ4v) is 5.03. The maximum absolute atomic E-state index is 10.7. The summed E-state index contributed by atoms with van der Waals surface area (Å²) in [5.41, 5.74) is 1.24. The first-order chi connectivity index (χ1) is 9.66. The second-order valence-corrected chi connectivity index (χ2v) is 7.15. The van der Waals surface area contributed by atoms with Gasteiger partial charge in [-0.25, -0.2) is 0 Å². The van der Waals surface area contributed by atoms with Crippen molar-refractivity contribution in [3.63, 3.8) is 0 Å². The summed E-state index contributed by atoms with van der Waals surface area (Å²) in [4.78, 5) is 2.60. The van der Waals surface area contributed by atoms with E-state index in [1.165, 1.54) is 21.8 Å². The Balaban J connectivity index is 1.98. The van der Waals surface area contributed by atoms with Crippen LogP contribution >= 0.6 is 11.8 Å². The average Bonchev–Trinajstić information content (AvgIpc) is 2.58. The average molecular weight is 290 g/mol. The third kappa shape index (κ3) is 2.22. The van der Waals surface area contributed by atoms with Crippen molar-refractivity contribution < 1.29 is 9.84 Å². The molecule has 2 aliphatic carbocycles. The van der Waals surface area contributed by atoms with Crippen LogP contribution in [-0.2, 0) is 4.74 Å². The Bertz CT molecular complexity index is 511. The lowest BCUT2D eigenvalue weighted by molar-refractivity contribution is 0.0117. The van der Waals surface area contributed by atoms with Gasteiger partial charge in [-0.05, 0) is 30.5 Å². The van der Waals surface area contributed by atoms with Crippen LogP contribution in [0.25, 0.3) is 0 Å². The van der Waals surface area contributed by atoms with Gasteiger partial charge in [0.2, 0.25) is 0 Å². The van der Waals surface area contributed by atoms with Gasteiger partial charge in [0, 0.05) is 28.2 Å². The zero-order chi connectivity index (χ0) is 14.2. The Labute approximate surface area is 125 Å². The van der Waals surface area contributed by atoms with Gasteiger partial charge in [-0.3, -0.25) is 0 Å². The molecule has 1 saturated carbocycles. The SMILES string of the molecule is COCC1=C(Sc2ccccc2)C2(C)CCCC1C2O. The van der Waals surface area contributed by atoms with E-state index in [9.17, 15) is 5.11 Å². The van der Waals surface area contributed by atoms with E-state index < -0.39 is 0 Å². The molecule has 2 nitrogen and oxygen atoms in total. The molecule has 0 spiro atoms. The van der Waals surface area contributed by atoms with Crippen LogP contribution in [0.4, 0.5) is 0 Å². The summed E-state index contributed by atoms with van der Waals surface area (Å²) in [5, 5.41) is 10.7. The molecule has 0 amide bonds. The van der Waals surface area contributed by atoms with Crippen LogP contribution in [0.15, 0.2) is 45.7 Å². The Kier molecular flexibility index (Phi) is 3.93. The third-order valence-electron chi connectivity index (χ3n) is 4.77. The van der Waals surface area contributed by atoms with Crippen molar-refractivity contribution in [2.45, 2.75) is 37.2 Å². The molecule has 1 aromatic carbocycles. The number of benzene rings is 1. The molecular weight excluding hydrogens is 268 g/mol. The van der Waals surface area contributed by atoms with E-state index in [-0.39, 0.29) is 11.5 Å². The van der Waals surface area contributed by atoms with Crippen LogP contribution < -0.4 is 0 Å². The van der Waals surface area contributed by atoms with Crippen molar-refractivity contribution in [1.82, 2.24) is 0 Å². The number of fused-ring (bicyclic) bond motifs is 2. The van der Waals surface area contributed by atoms with Crippen LogP contribution in [0.3, 0.4) is 0 Å². The molecule has 0 aliphatic heterocycles. The van der Waals surface area contributed by atoms with E-state index in [1.54, 1.807) is 7.11 Å². The Hall–Kier alpha value is -0.770. The van der Waals surface area contributed by atoms with Crippen molar-refractivity contribution in [3.05, 3.63) is 40.8 Å². The maximum atomic E-state index is 10.7. The Morgan fingerprint density at radius 3 is 2.80 bits per heavy atom. The Morgan fingerprint density at radius 1 is 1.35 bits per heavy atom. The van der Waals surface area contributed by atoms with Crippen molar-refractivity contribution in [3.8, 4) is 0 Å². The summed E-state index contributed by atoms with van der Waals surface area (Å²) in [6, 6.07) is 10.5. The minimum absolute atomic E-state index is 0.0860. The fraction of sp³-hybridized carbons (Fsp3) is 0.529. The van der Waals surface area contributed by atoms with Gasteiger partial charge < -0.3 is 9.84 Å². The van der Waals surface area contributed by atoms with Gasteiger partial charge in [0.1, 0.15) is 0 Å². The van der Waals surface area contributed by atoms with E-state index in [0.29, 0.717) is 12.5 Å². The number of aliphatic hydroxyl groups is 1. The highest BCUT2D eigenvalue weighted by Gasteiger charge is 2.52. The number of thioether (sulfide) groups is 1. The summed E-state index contributed by atoms with van der Waals surface area (Å²) < 4.78 is 5.41. The van der Waals surface area contributed by atoms with Crippen LogP contribution in [0.5, 0.6) is 0 Å². The summed E-state index contributed by atoms with van der Waals surface area (Å²) in [6.45, 7) is 2.87. The first-order valence-electron chi connectivity index (χ1n) is 7.30. The number of hydrogen-bond acceptors (Lipinski definition) is 3. The monoisotopic (exact) mass is 290 g/mol. The first kappa shape index (κ1) is 14.2. The molecule has 0 saturated heterocycles. The van der Waals surface area contributed by atoms with Crippen molar-refractivity contribution in [2.24, 2.45) is 11.3 Å². The predicted octanol–water partition coefficient (Wildman–Crippen LogP) is 3.86. The minimum atomic E-state index is -0.243. The van der Waals surface area contributed by atoms with Crippen LogP contribution in [0.2, 0.25) is 0 Å². The maximum Gasteiger partial charge on any atom is 0.0705 e. The zero-order valence-corrected chi connectivity index (χ0v) is 13.0. The number of aliphatic hydroxyl groups excluding tert-OH is 1. The molecular formula is C17H22O2S. The highest BCUT2D eigenvalue weighted by Crippen LogP contribution is 2.59. The smallest absolute Gasteiger partial charge is 0.0705 e. The van der Waals surface area contributed by atoms with Crippen molar-refractivity contribution >= 4 is 11.8 Å². The molecule has 3 atom stereocenters. The molecule has 108 valence electrons. The molecule has 2 aliphatic rings. The van der Waals surface area contributed by atoms with Gasteiger partial charge in [-0.2, -0.15) is 0 Å². The van der Waals surface area contributed by atoms with Gasteiger partial charge >= 0.3 is 0 Å². The lowest BCUT2D eigenvalue weighted by Crippen LogP contribution is -2.37. The largest absolute Gasteiger partial charge is 0.392 e. The highest BCUT2D eigenvalue weighted by molar-refractivity contribution is 8.03. The van der Waals surface area contributed by atoms with E-state index >= 15 is 0 Å². The van der Waals surface area contributed by atoms with Crippen LogP contribution in [0.1, 0.15) is 26.2 Å². The number of hydrogen-bond donors (Lipinski definition) is 1. The molecule has 1 N–H and O–H groups in total. The molecule has 3 unspecified atom stereocenters. The Morgan fingerprint density at radius 2 is 2.10 bits per heavy atom. The normalized spacial score (nSPS) is 32.8. The van der Waals surface area contributed by atoms with Gasteiger partial charge in [0.15, 0.2) is 0 Å². The van der Waals surface area contributed by atoms with Crippen molar-refractivity contribution in [2.75, 3.05) is 13.7 Å². The number of methoxy groups -OCH3 is 1. The number of rotatable bonds is 4. The zero-order valence-electron chi connectivity index (χ0n) is 12.1. The van der Waals surface area contributed by atoms with E-state index in [1.807, 2.05) is 17.8 Å². The van der Waals surface area contributed by atoms with Gasteiger partial charge in [0.05, 0.1) is 12.7 Å². The lowest BCUT2D eigenvalue weighted by atomic mass is 9.73. The van der Waals surface area contributed by atoms with Gasteiger partial charge in [0.25, 0.3) is 0 Å². The minimum Gasteiger partial charge on any atom is -0.392 e. The molecule has 2 bridgehead atoms. The highest BCUT2D eigenvalue weighted by atomic mass is 32.2. The molecule has 20 heavy (non-hydrogen) atoms.